The molecule has 0 amide bonds. The van der Waals surface area contributed by atoms with E-state index < -0.39 is 0 Å². The summed E-state index contributed by atoms with van der Waals surface area (Å²) in [5, 5.41) is 1.14. The van der Waals surface area contributed by atoms with Crippen LogP contribution in [0.1, 0.15) is 12.8 Å². The lowest BCUT2D eigenvalue weighted by Crippen LogP contribution is -2.17. The highest BCUT2D eigenvalue weighted by molar-refractivity contribution is 7.99. The van der Waals surface area contributed by atoms with Gasteiger partial charge in [0.15, 0.2) is 0 Å². The molecule has 2 nitrogen and oxygen atoms in total. The highest BCUT2D eigenvalue weighted by Crippen LogP contribution is 2.23. The summed E-state index contributed by atoms with van der Waals surface area (Å²) < 4.78 is 5.33. The van der Waals surface area contributed by atoms with Crippen LogP contribution in [0, 0.1) is 5.92 Å². The Bertz CT molecular complexity index is 259. The lowest BCUT2D eigenvalue weighted by molar-refractivity contribution is 0.0728. The molecule has 0 aromatic carbocycles. The number of thioether (sulfide) groups is 1. The van der Waals surface area contributed by atoms with Gasteiger partial charge in [0, 0.05) is 25.2 Å². The van der Waals surface area contributed by atoms with Crippen LogP contribution in [-0.4, -0.2) is 24.0 Å². The Morgan fingerprint density at radius 2 is 2.21 bits per heavy atom. The van der Waals surface area contributed by atoms with Crippen LogP contribution in [0.3, 0.4) is 0 Å². The lowest BCUT2D eigenvalue weighted by atomic mass is 10.0. The Morgan fingerprint density at radius 1 is 1.36 bits per heavy atom. The molecule has 0 saturated carbocycles. The first-order valence-corrected chi connectivity index (χ1v) is 6.05. The molecule has 1 saturated heterocycles. The first kappa shape index (κ1) is 9.99. The van der Waals surface area contributed by atoms with Gasteiger partial charge in [0.05, 0.1) is 5.03 Å². The second kappa shape index (κ2) is 5.37. The third-order valence-electron chi connectivity index (χ3n) is 2.45. The van der Waals surface area contributed by atoms with E-state index in [9.17, 15) is 0 Å². The van der Waals surface area contributed by atoms with Gasteiger partial charge in [0.25, 0.3) is 0 Å². The Hall–Kier alpha value is -0.540. The molecule has 0 bridgehead atoms. The fourth-order valence-electron chi connectivity index (χ4n) is 1.55. The minimum absolute atomic E-state index is 0.816. The zero-order valence-electron chi connectivity index (χ0n) is 8.19. The predicted molar refractivity (Wildman–Crippen MR) is 58.5 cm³/mol. The van der Waals surface area contributed by atoms with E-state index in [4.69, 9.17) is 4.74 Å². The standard InChI is InChI=1S/C11H15NOS/c1-2-6-12-11(3-1)14-9-10-4-7-13-8-5-10/h1-3,6,10H,4-5,7-9H2. The van der Waals surface area contributed by atoms with Crippen LogP contribution in [-0.2, 0) is 4.74 Å². The van der Waals surface area contributed by atoms with Gasteiger partial charge < -0.3 is 4.74 Å². The van der Waals surface area contributed by atoms with Crippen molar-refractivity contribution in [2.24, 2.45) is 5.92 Å². The van der Waals surface area contributed by atoms with E-state index in [0.29, 0.717) is 0 Å². The summed E-state index contributed by atoms with van der Waals surface area (Å²) >= 11 is 1.86. The van der Waals surface area contributed by atoms with Crippen LogP contribution in [0.25, 0.3) is 0 Å². The largest absolute Gasteiger partial charge is 0.381 e. The quantitative estimate of drug-likeness (QED) is 0.714. The molecule has 2 rings (SSSR count). The monoisotopic (exact) mass is 209 g/mol. The third kappa shape index (κ3) is 3.00. The first-order valence-electron chi connectivity index (χ1n) is 5.07. The van der Waals surface area contributed by atoms with Crippen LogP contribution in [0.15, 0.2) is 29.4 Å². The Labute approximate surface area is 89.1 Å². The number of ether oxygens (including phenoxy) is 1. The second-order valence-corrected chi connectivity index (χ2v) is 4.58. The van der Waals surface area contributed by atoms with Crippen LogP contribution in [0.2, 0.25) is 0 Å². The van der Waals surface area contributed by atoms with E-state index in [2.05, 4.69) is 11.1 Å². The van der Waals surface area contributed by atoms with Gasteiger partial charge in [-0.15, -0.1) is 11.8 Å². The van der Waals surface area contributed by atoms with Gasteiger partial charge in [-0.3, -0.25) is 0 Å². The molecule has 1 fully saturated rings. The molecule has 0 radical (unpaired) electrons. The van der Waals surface area contributed by atoms with E-state index >= 15 is 0 Å². The average molecular weight is 209 g/mol. The van der Waals surface area contributed by atoms with E-state index in [1.165, 1.54) is 18.6 Å². The normalized spacial score (nSPS) is 18.3. The van der Waals surface area contributed by atoms with Crippen molar-refractivity contribution in [1.82, 2.24) is 4.98 Å². The van der Waals surface area contributed by atoms with Crippen molar-refractivity contribution >= 4 is 11.8 Å². The van der Waals surface area contributed by atoms with Crippen molar-refractivity contribution in [2.45, 2.75) is 17.9 Å². The molecule has 14 heavy (non-hydrogen) atoms. The molecule has 1 aliphatic rings. The maximum Gasteiger partial charge on any atom is 0.0959 e. The summed E-state index contributed by atoms with van der Waals surface area (Å²) in [4.78, 5) is 4.29. The number of hydrogen-bond donors (Lipinski definition) is 0. The summed E-state index contributed by atoms with van der Waals surface area (Å²) in [7, 11) is 0. The third-order valence-corrected chi connectivity index (χ3v) is 3.62. The van der Waals surface area contributed by atoms with Gasteiger partial charge in [-0.25, -0.2) is 4.98 Å². The zero-order chi connectivity index (χ0) is 9.64. The number of rotatable bonds is 3. The molecule has 0 aliphatic carbocycles. The molecule has 0 atom stereocenters. The SMILES string of the molecule is c1ccc(SCC2CCOCC2)nc1. The van der Waals surface area contributed by atoms with Gasteiger partial charge in [-0.2, -0.15) is 0 Å². The van der Waals surface area contributed by atoms with Crippen molar-refractivity contribution in [3.05, 3.63) is 24.4 Å². The van der Waals surface area contributed by atoms with Gasteiger partial charge in [0.2, 0.25) is 0 Å². The highest BCUT2D eigenvalue weighted by Gasteiger charge is 2.13. The van der Waals surface area contributed by atoms with Crippen molar-refractivity contribution in [2.75, 3.05) is 19.0 Å². The number of pyridine rings is 1. The molecule has 1 aromatic rings. The van der Waals surface area contributed by atoms with E-state index in [1.54, 1.807) is 0 Å². The molecule has 2 heterocycles. The maximum absolute atomic E-state index is 5.33. The Morgan fingerprint density at radius 3 is 2.93 bits per heavy atom. The van der Waals surface area contributed by atoms with Crippen LogP contribution < -0.4 is 0 Å². The molecule has 0 N–H and O–H groups in total. The van der Waals surface area contributed by atoms with Gasteiger partial charge in [-0.1, -0.05) is 6.07 Å². The van der Waals surface area contributed by atoms with E-state index in [-0.39, 0.29) is 0 Å². The van der Waals surface area contributed by atoms with Crippen molar-refractivity contribution < 1.29 is 4.74 Å². The Kier molecular flexibility index (Phi) is 3.83. The van der Waals surface area contributed by atoms with Crippen LogP contribution in [0.4, 0.5) is 0 Å². The molecule has 76 valence electrons. The number of hydrogen-bond acceptors (Lipinski definition) is 3. The molecule has 0 unspecified atom stereocenters. The van der Waals surface area contributed by atoms with Gasteiger partial charge >= 0.3 is 0 Å². The summed E-state index contributed by atoms with van der Waals surface area (Å²) in [5.74, 6) is 2.00. The van der Waals surface area contributed by atoms with Crippen molar-refractivity contribution in [3.63, 3.8) is 0 Å². The fraction of sp³-hybridized carbons (Fsp3) is 0.545. The summed E-state index contributed by atoms with van der Waals surface area (Å²) in [5.41, 5.74) is 0. The fourth-order valence-corrected chi connectivity index (χ4v) is 2.60. The van der Waals surface area contributed by atoms with Crippen molar-refractivity contribution in [3.8, 4) is 0 Å². The number of nitrogens with zero attached hydrogens (tertiary/aromatic N) is 1. The molecular weight excluding hydrogens is 194 g/mol. The van der Waals surface area contributed by atoms with Gasteiger partial charge in [-0.05, 0) is 30.9 Å². The molecule has 1 aromatic heterocycles. The smallest absolute Gasteiger partial charge is 0.0959 e. The van der Waals surface area contributed by atoms with Crippen LogP contribution in [0.5, 0.6) is 0 Å². The second-order valence-electron chi connectivity index (χ2n) is 3.53. The summed E-state index contributed by atoms with van der Waals surface area (Å²) in [6.45, 7) is 1.88. The van der Waals surface area contributed by atoms with Crippen LogP contribution >= 0.6 is 11.8 Å². The van der Waals surface area contributed by atoms with Gasteiger partial charge in [0.1, 0.15) is 0 Å². The maximum atomic E-state index is 5.33. The molecular formula is C11H15NOS. The average Bonchev–Trinajstić information content (AvgIpc) is 2.29. The lowest BCUT2D eigenvalue weighted by Gasteiger charge is -2.21. The molecule has 3 heteroatoms. The first-order chi connectivity index (χ1) is 6.95. The predicted octanol–water partition coefficient (Wildman–Crippen LogP) is 2.60. The topological polar surface area (TPSA) is 22.1 Å². The van der Waals surface area contributed by atoms with E-state index in [0.717, 1.165) is 24.2 Å². The zero-order valence-corrected chi connectivity index (χ0v) is 9.00. The van der Waals surface area contributed by atoms with E-state index in [1.807, 2.05) is 30.1 Å². The Balaban J connectivity index is 1.76. The minimum Gasteiger partial charge on any atom is -0.381 e. The summed E-state index contributed by atoms with van der Waals surface area (Å²) in [6, 6.07) is 6.07. The minimum atomic E-state index is 0.816. The highest BCUT2D eigenvalue weighted by atomic mass is 32.2. The number of aromatic nitrogens is 1. The summed E-state index contributed by atoms with van der Waals surface area (Å²) in [6.07, 6.45) is 4.27. The van der Waals surface area contributed by atoms with Crippen molar-refractivity contribution in [1.29, 1.82) is 0 Å². The molecule has 0 spiro atoms. The molecule has 1 aliphatic heterocycles.